The number of carbonyl (C=O) groups excluding carboxylic acids is 1. The van der Waals surface area contributed by atoms with E-state index in [0.29, 0.717) is 0 Å². The largest absolute Gasteiger partial charge is 0.481 e. The van der Waals surface area contributed by atoms with Crippen molar-refractivity contribution < 1.29 is 43.6 Å². The Bertz CT molecular complexity index is 397. The molecule has 0 unspecified atom stereocenters. The van der Waals surface area contributed by atoms with E-state index < -0.39 is 48.1 Å². The van der Waals surface area contributed by atoms with Gasteiger partial charge in [0, 0.05) is 0 Å². The minimum atomic E-state index is -2.89. The third-order valence-corrected chi connectivity index (χ3v) is 1.77. The molecule has 0 rings (SSSR count). The van der Waals surface area contributed by atoms with Crippen molar-refractivity contribution in [3.63, 3.8) is 0 Å². The first kappa shape index (κ1) is 15.6. The lowest BCUT2D eigenvalue weighted by Crippen LogP contribution is -2.47. The number of carbonyl (C=O) groups is 4. The van der Waals surface area contributed by atoms with Gasteiger partial charge in [0.2, 0.25) is 11.4 Å². The lowest BCUT2D eigenvalue weighted by Gasteiger charge is -2.25. The molecule has 3 N–H and O–H groups in total. The molecular formula is C9H9FO8. The predicted octanol–water partition coefficient (Wildman–Crippen LogP) is -0.214. The first-order valence-corrected chi connectivity index (χ1v) is 4.35. The highest BCUT2D eigenvalue weighted by atomic mass is 19.1. The highest BCUT2D eigenvalue weighted by Crippen LogP contribution is 2.23. The van der Waals surface area contributed by atoms with Crippen molar-refractivity contribution in [2.24, 2.45) is 0 Å². The molecule has 0 radical (unpaired) electrons. The molecule has 0 saturated carbocycles. The van der Waals surface area contributed by atoms with Crippen LogP contribution in [0.5, 0.6) is 0 Å². The summed E-state index contributed by atoms with van der Waals surface area (Å²) in [6.45, 7) is 2.53. The van der Waals surface area contributed by atoms with Crippen LogP contribution in [0.2, 0.25) is 0 Å². The second-order valence-electron chi connectivity index (χ2n) is 3.23. The predicted molar refractivity (Wildman–Crippen MR) is 51.2 cm³/mol. The molecule has 0 aromatic carbocycles. The van der Waals surface area contributed by atoms with Crippen LogP contribution >= 0.6 is 0 Å². The lowest BCUT2D eigenvalue weighted by atomic mass is 9.95. The summed E-state index contributed by atoms with van der Waals surface area (Å²) in [5.41, 5.74) is -2.89. The van der Waals surface area contributed by atoms with Crippen LogP contribution in [-0.4, -0.2) is 44.8 Å². The maximum atomic E-state index is 12.4. The molecule has 0 aromatic heterocycles. The quantitative estimate of drug-likeness (QED) is 0.424. The molecule has 9 heteroatoms. The van der Waals surface area contributed by atoms with Crippen LogP contribution in [0.3, 0.4) is 0 Å². The third kappa shape index (κ3) is 4.20. The smallest absolute Gasteiger partial charge is 0.367 e. The van der Waals surface area contributed by atoms with Gasteiger partial charge in [0.05, 0.1) is 12.8 Å². The van der Waals surface area contributed by atoms with Crippen molar-refractivity contribution in [2.45, 2.75) is 18.4 Å². The summed E-state index contributed by atoms with van der Waals surface area (Å²) in [5.74, 6) is -8.97. The van der Waals surface area contributed by atoms with Crippen LogP contribution in [0.25, 0.3) is 0 Å². The molecular weight excluding hydrogens is 255 g/mol. The Labute approximate surface area is 99.3 Å². The van der Waals surface area contributed by atoms with Crippen molar-refractivity contribution in [1.82, 2.24) is 0 Å². The molecule has 0 fully saturated rings. The Morgan fingerprint density at radius 3 is 1.67 bits per heavy atom. The molecule has 8 nitrogen and oxygen atoms in total. The molecule has 0 amide bonds. The summed E-state index contributed by atoms with van der Waals surface area (Å²) in [6, 6.07) is 0. The molecule has 0 saturated heterocycles. The number of halogens is 1. The van der Waals surface area contributed by atoms with Crippen LogP contribution < -0.4 is 0 Å². The standard InChI is InChI=1S/C9H9FO8/c1-4(10)7(15)18-9(8(16)17,2-5(11)12)3-6(13)14/h1-3H2,(H,11,12)(H,13,14)(H,16,17). The number of aliphatic carboxylic acids is 3. The van der Waals surface area contributed by atoms with E-state index in [0.717, 1.165) is 0 Å². The molecule has 0 aliphatic carbocycles. The molecule has 0 heterocycles. The highest BCUT2D eigenvalue weighted by Gasteiger charge is 2.47. The maximum absolute atomic E-state index is 12.4. The summed E-state index contributed by atoms with van der Waals surface area (Å²) in [4.78, 5) is 42.8. The lowest BCUT2D eigenvalue weighted by molar-refractivity contribution is -0.184. The Morgan fingerprint density at radius 2 is 1.44 bits per heavy atom. The SMILES string of the molecule is C=C(F)C(=O)OC(CC(=O)O)(CC(=O)O)C(=O)O. The number of carboxylic acid groups (broad SMARTS) is 3. The Hall–Kier alpha value is -2.45. The fourth-order valence-electron chi connectivity index (χ4n) is 1.05. The topological polar surface area (TPSA) is 138 Å². The average molecular weight is 264 g/mol. The van der Waals surface area contributed by atoms with Crippen LogP contribution in [0.4, 0.5) is 4.39 Å². The van der Waals surface area contributed by atoms with Gasteiger partial charge in [-0.1, -0.05) is 6.58 Å². The van der Waals surface area contributed by atoms with Crippen LogP contribution in [0.15, 0.2) is 12.4 Å². The zero-order valence-electron chi connectivity index (χ0n) is 8.88. The number of rotatable bonds is 7. The summed E-state index contributed by atoms with van der Waals surface area (Å²) in [7, 11) is 0. The number of carboxylic acids is 3. The van der Waals surface area contributed by atoms with Gasteiger partial charge in [-0.25, -0.2) is 9.59 Å². The van der Waals surface area contributed by atoms with E-state index >= 15 is 0 Å². The van der Waals surface area contributed by atoms with Crippen LogP contribution in [-0.2, 0) is 23.9 Å². The molecule has 0 bridgehead atoms. The monoisotopic (exact) mass is 264 g/mol. The van der Waals surface area contributed by atoms with Crippen molar-refractivity contribution in [2.75, 3.05) is 0 Å². The fourth-order valence-corrected chi connectivity index (χ4v) is 1.05. The zero-order valence-corrected chi connectivity index (χ0v) is 8.88. The summed E-state index contributed by atoms with van der Waals surface area (Å²) >= 11 is 0. The first-order chi connectivity index (χ1) is 8.10. The van der Waals surface area contributed by atoms with E-state index in [1.165, 1.54) is 0 Å². The highest BCUT2D eigenvalue weighted by molar-refractivity contribution is 5.93. The van der Waals surface area contributed by atoms with Crippen molar-refractivity contribution in [1.29, 1.82) is 0 Å². The minimum Gasteiger partial charge on any atom is -0.481 e. The van der Waals surface area contributed by atoms with Gasteiger partial charge in [-0.15, -0.1) is 0 Å². The van der Waals surface area contributed by atoms with Crippen molar-refractivity contribution >= 4 is 23.9 Å². The van der Waals surface area contributed by atoms with E-state index in [-0.39, 0.29) is 0 Å². The van der Waals surface area contributed by atoms with Crippen LogP contribution in [0.1, 0.15) is 12.8 Å². The molecule has 0 aliphatic rings. The Kier molecular flexibility index (Phi) is 4.97. The van der Waals surface area contributed by atoms with Gasteiger partial charge in [0.25, 0.3) is 0 Å². The first-order valence-electron chi connectivity index (χ1n) is 4.35. The van der Waals surface area contributed by atoms with Crippen LogP contribution in [0, 0.1) is 0 Å². The molecule has 0 aliphatic heterocycles. The van der Waals surface area contributed by atoms with Gasteiger partial charge in [0.1, 0.15) is 0 Å². The third-order valence-electron chi connectivity index (χ3n) is 1.77. The number of esters is 1. The molecule has 0 aromatic rings. The van der Waals surface area contributed by atoms with E-state index in [4.69, 9.17) is 15.3 Å². The number of hydrogen-bond acceptors (Lipinski definition) is 5. The van der Waals surface area contributed by atoms with Gasteiger partial charge in [-0.3, -0.25) is 9.59 Å². The van der Waals surface area contributed by atoms with Gasteiger partial charge >= 0.3 is 23.9 Å². The Balaban J connectivity index is 5.38. The van der Waals surface area contributed by atoms with E-state index in [1.807, 2.05) is 0 Å². The van der Waals surface area contributed by atoms with Gasteiger partial charge in [-0.05, 0) is 0 Å². The summed E-state index contributed by atoms with van der Waals surface area (Å²) < 4.78 is 16.5. The number of hydrogen-bond donors (Lipinski definition) is 3. The molecule has 100 valence electrons. The van der Waals surface area contributed by atoms with Gasteiger partial charge < -0.3 is 20.1 Å². The average Bonchev–Trinajstić information content (AvgIpc) is 2.14. The summed E-state index contributed by atoms with van der Waals surface area (Å²) in [5, 5.41) is 25.8. The van der Waals surface area contributed by atoms with Gasteiger partial charge in [0.15, 0.2) is 0 Å². The van der Waals surface area contributed by atoms with E-state index in [2.05, 4.69) is 11.3 Å². The van der Waals surface area contributed by atoms with Crippen molar-refractivity contribution in [3.8, 4) is 0 Å². The summed E-state index contributed by atoms with van der Waals surface area (Å²) in [6.07, 6.45) is -2.65. The Morgan fingerprint density at radius 1 is 1.06 bits per heavy atom. The second kappa shape index (κ2) is 5.75. The second-order valence-corrected chi connectivity index (χ2v) is 3.23. The molecule has 0 atom stereocenters. The fraction of sp³-hybridized carbons (Fsp3) is 0.333. The number of ether oxygens (including phenoxy) is 1. The minimum absolute atomic E-state index is 1.33. The van der Waals surface area contributed by atoms with Crippen molar-refractivity contribution in [3.05, 3.63) is 12.4 Å². The maximum Gasteiger partial charge on any atom is 0.367 e. The normalized spacial score (nSPS) is 10.5. The van der Waals surface area contributed by atoms with Gasteiger partial charge in [-0.2, -0.15) is 4.39 Å². The molecule has 18 heavy (non-hydrogen) atoms. The molecule has 0 spiro atoms. The zero-order chi connectivity index (χ0) is 14.5. The van der Waals surface area contributed by atoms with E-state index in [9.17, 15) is 23.6 Å². The van der Waals surface area contributed by atoms with E-state index in [1.54, 1.807) is 0 Å².